The zero-order chi connectivity index (χ0) is 9.42. The van der Waals surface area contributed by atoms with Crippen molar-refractivity contribution in [1.29, 1.82) is 0 Å². The van der Waals surface area contributed by atoms with Gasteiger partial charge >= 0.3 is 0 Å². The lowest BCUT2D eigenvalue weighted by Gasteiger charge is -1.99. The van der Waals surface area contributed by atoms with Gasteiger partial charge in [-0.1, -0.05) is 6.07 Å². The highest BCUT2D eigenvalue weighted by atomic mass is 32.1. The number of thiophene rings is 1. The lowest BCUT2D eigenvalue weighted by atomic mass is 10.2. The SMILES string of the molecule is Cc1cc(-c2cccs2)c(C)n1C. The van der Waals surface area contributed by atoms with E-state index in [1.165, 1.54) is 21.8 Å². The highest BCUT2D eigenvalue weighted by Gasteiger charge is 2.07. The average Bonchev–Trinajstić information content (AvgIpc) is 2.70. The molecule has 0 atom stereocenters. The molecule has 0 spiro atoms. The van der Waals surface area contributed by atoms with Crippen LogP contribution >= 0.6 is 11.3 Å². The van der Waals surface area contributed by atoms with E-state index in [2.05, 4.69) is 49.0 Å². The second-order valence-electron chi connectivity index (χ2n) is 3.32. The number of aryl methyl sites for hydroxylation is 1. The van der Waals surface area contributed by atoms with Crippen molar-refractivity contribution in [3.63, 3.8) is 0 Å². The van der Waals surface area contributed by atoms with Crippen LogP contribution in [-0.4, -0.2) is 4.57 Å². The molecule has 2 aromatic rings. The molecule has 0 aliphatic carbocycles. The molecule has 0 amide bonds. The molecule has 0 saturated carbocycles. The Morgan fingerprint density at radius 3 is 2.54 bits per heavy atom. The lowest BCUT2D eigenvalue weighted by molar-refractivity contribution is 0.845. The van der Waals surface area contributed by atoms with Gasteiger partial charge in [-0.05, 0) is 31.4 Å². The van der Waals surface area contributed by atoms with E-state index in [-0.39, 0.29) is 0 Å². The molecule has 2 heterocycles. The van der Waals surface area contributed by atoms with Crippen molar-refractivity contribution in [1.82, 2.24) is 4.57 Å². The first-order chi connectivity index (χ1) is 6.20. The average molecular weight is 191 g/mol. The van der Waals surface area contributed by atoms with Crippen LogP contribution in [0, 0.1) is 13.8 Å². The van der Waals surface area contributed by atoms with Crippen LogP contribution in [0.3, 0.4) is 0 Å². The molecule has 2 aromatic heterocycles. The summed E-state index contributed by atoms with van der Waals surface area (Å²) in [6.45, 7) is 4.31. The van der Waals surface area contributed by atoms with Gasteiger partial charge in [-0.2, -0.15) is 0 Å². The molecule has 0 bridgehead atoms. The molecule has 1 nitrogen and oxygen atoms in total. The Hall–Kier alpha value is -1.02. The van der Waals surface area contributed by atoms with Crippen molar-refractivity contribution in [2.24, 2.45) is 7.05 Å². The third kappa shape index (κ3) is 1.31. The summed E-state index contributed by atoms with van der Waals surface area (Å²) in [6.07, 6.45) is 0. The maximum Gasteiger partial charge on any atom is 0.0360 e. The van der Waals surface area contributed by atoms with Gasteiger partial charge in [0.2, 0.25) is 0 Å². The van der Waals surface area contributed by atoms with Gasteiger partial charge in [0.15, 0.2) is 0 Å². The summed E-state index contributed by atoms with van der Waals surface area (Å²) >= 11 is 1.80. The Morgan fingerprint density at radius 1 is 1.31 bits per heavy atom. The van der Waals surface area contributed by atoms with Crippen molar-refractivity contribution in [2.45, 2.75) is 13.8 Å². The van der Waals surface area contributed by atoms with Gasteiger partial charge in [-0.3, -0.25) is 0 Å². The molecule has 68 valence electrons. The van der Waals surface area contributed by atoms with Crippen LogP contribution in [0.25, 0.3) is 10.4 Å². The van der Waals surface area contributed by atoms with E-state index < -0.39 is 0 Å². The molecule has 2 rings (SSSR count). The zero-order valence-corrected chi connectivity index (χ0v) is 8.98. The highest BCUT2D eigenvalue weighted by Crippen LogP contribution is 2.29. The van der Waals surface area contributed by atoms with Crippen molar-refractivity contribution >= 4 is 11.3 Å². The molecular weight excluding hydrogens is 178 g/mol. The van der Waals surface area contributed by atoms with Gasteiger partial charge in [0.05, 0.1) is 0 Å². The number of nitrogens with zero attached hydrogens (tertiary/aromatic N) is 1. The first kappa shape index (κ1) is 8.57. The molecule has 0 unspecified atom stereocenters. The molecule has 0 saturated heterocycles. The molecule has 2 heteroatoms. The van der Waals surface area contributed by atoms with E-state index in [0.29, 0.717) is 0 Å². The summed E-state index contributed by atoms with van der Waals surface area (Å²) in [5, 5.41) is 2.12. The summed E-state index contributed by atoms with van der Waals surface area (Å²) in [5.41, 5.74) is 4.04. The zero-order valence-electron chi connectivity index (χ0n) is 8.16. The Bertz CT molecular complexity index is 409. The third-order valence-corrected chi connectivity index (χ3v) is 3.46. The first-order valence-corrected chi connectivity index (χ1v) is 5.25. The fourth-order valence-electron chi connectivity index (χ4n) is 1.54. The topological polar surface area (TPSA) is 4.93 Å². The number of rotatable bonds is 1. The summed E-state index contributed by atoms with van der Waals surface area (Å²) < 4.78 is 2.23. The maximum atomic E-state index is 2.25. The fourth-order valence-corrected chi connectivity index (χ4v) is 2.33. The lowest BCUT2D eigenvalue weighted by Crippen LogP contribution is -1.92. The highest BCUT2D eigenvalue weighted by molar-refractivity contribution is 7.13. The molecular formula is C11H13NS. The van der Waals surface area contributed by atoms with E-state index in [1.54, 1.807) is 11.3 Å². The molecule has 0 N–H and O–H groups in total. The quantitative estimate of drug-likeness (QED) is 0.651. The van der Waals surface area contributed by atoms with Gasteiger partial charge in [-0.25, -0.2) is 0 Å². The van der Waals surface area contributed by atoms with E-state index in [4.69, 9.17) is 0 Å². The van der Waals surface area contributed by atoms with Crippen molar-refractivity contribution in [2.75, 3.05) is 0 Å². The largest absolute Gasteiger partial charge is 0.352 e. The summed E-state index contributed by atoms with van der Waals surface area (Å²) in [6, 6.07) is 6.52. The Labute approximate surface area is 82.6 Å². The normalized spacial score (nSPS) is 10.7. The molecule has 0 aliphatic rings. The van der Waals surface area contributed by atoms with E-state index in [9.17, 15) is 0 Å². The maximum absolute atomic E-state index is 2.25. The molecule has 0 aromatic carbocycles. The summed E-state index contributed by atoms with van der Waals surface area (Å²) in [4.78, 5) is 1.36. The van der Waals surface area contributed by atoms with Gasteiger partial charge < -0.3 is 4.57 Å². The van der Waals surface area contributed by atoms with Crippen molar-refractivity contribution < 1.29 is 0 Å². The van der Waals surface area contributed by atoms with Gasteiger partial charge in [0.25, 0.3) is 0 Å². The summed E-state index contributed by atoms with van der Waals surface area (Å²) in [7, 11) is 2.11. The smallest absolute Gasteiger partial charge is 0.0360 e. The van der Waals surface area contributed by atoms with Crippen LogP contribution in [0.1, 0.15) is 11.4 Å². The molecule has 0 radical (unpaired) electrons. The van der Waals surface area contributed by atoms with E-state index in [0.717, 1.165) is 0 Å². The monoisotopic (exact) mass is 191 g/mol. The molecule has 0 fully saturated rings. The minimum atomic E-state index is 1.32. The second-order valence-corrected chi connectivity index (χ2v) is 4.27. The van der Waals surface area contributed by atoms with E-state index in [1.807, 2.05) is 0 Å². The standard InChI is InChI=1S/C11H13NS/c1-8-7-10(9(2)12(8)3)11-5-4-6-13-11/h4-7H,1-3H3. The number of hydrogen-bond donors (Lipinski definition) is 0. The van der Waals surface area contributed by atoms with E-state index >= 15 is 0 Å². The fraction of sp³-hybridized carbons (Fsp3) is 0.273. The van der Waals surface area contributed by atoms with Crippen LogP contribution in [0.2, 0.25) is 0 Å². The van der Waals surface area contributed by atoms with Crippen LogP contribution in [0.5, 0.6) is 0 Å². The van der Waals surface area contributed by atoms with Crippen LogP contribution < -0.4 is 0 Å². The Morgan fingerprint density at radius 2 is 2.08 bits per heavy atom. The van der Waals surface area contributed by atoms with Crippen molar-refractivity contribution in [3.05, 3.63) is 35.0 Å². The predicted octanol–water partition coefficient (Wildman–Crippen LogP) is 3.37. The van der Waals surface area contributed by atoms with Gasteiger partial charge in [0, 0.05) is 28.9 Å². The van der Waals surface area contributed by atoms with Crippen LogP contribution in [0.15, 0.2) is 23.6 Å². The van der Waals surface area contributed by atoms with Gasteiger partial charge in [0.1, 0.15) is 0 Å². The van der Waals surface area contributed by atoms with Crippen LogP contribution in [0.4, 0.5) is 0 Å². The number of hydrogen-bond acceptors (Lipinski definition) is 1. The minimum absolute atomic E-state index is 1.32. The molecule has 13 heavy (non-hydrogen) atoms. The second kappa shape index (κ2) is 3.04. The first-order valence-electron chi connectivity index (χ1n) is 4.37. The van der Waals surface area contributed by atoms with Gasteiger partial charge in [-0.15, -0.1) is 11.3 Å². The third-order valence-electron chi connectivity index (χ3n) is 2.56. The predicted molar refractivity (Wildman–Crippen MR) is 58.2 cm³/mol. The molecule has 0 aliphatic heterocycles. The Kier molecular flexibility index (Phi) is 2.00. The van der Waals surface area contributed by atoms with Crippen molar-refractivity contribution in [3.8, 4) is 10.4 Å². The summed E-state index contributed by atoms with van der Waals surface area (Å²) in [5.74, 6) is 0. The Balaban J connectivity index is 2.59. The van der Waals surface area contributed by atoms with Crippen LogP contribution in [-0.2, 0) is 7.05 Å². The minimum Gasteiger partial charge on any atom is -0.352 e. The number of aromatic nitrogens is 1.